The van der Waals surface area contributed by atoms with E-state index in [9.17, 15) is 9.18 Å². The Hall–Kier alpha value is -2.69. The summed E-state index contributed by atoms with van der Waals surface area (Å²) in [6, 6.07) is 14.9. The average molecular weight is 408 g/mol. The molecule has 1 fully saturated rings. The molecule has 0 spiro atoms. The number of imidazole rings is 1. The minimum absolute atomic E-state index is 0.133. The van der Waals surface area contributed by atoms with E-state index in [2.05, 4.69) is 17.6 Å². The van der Waals surface area contributed by atoms with Crippen LogP contribution in [0.2, 0.25) is 0 Å². The number of unbranched alkanes of at least 4 members (excludes halogenated alkanes) is 1. The molecular weight excluding hydrogens is 377 g/mol. The quantitative estimate of drug-likeness (QED) is 0.473. The van der Waals surface area contributed by atoms with E-state index < -0.39 is 5.82 Å². The number of halogens is 1. The number of benzene rings is 2. The fourth-order valence-corrected chi connectivity index (χ4v) is 4.53. The van der Waals surface area contributed by atoms with Gasteiger partial charge in [0.25, 0.3) is 5.91 Å². The molecule has 1 aliphatic carbocycles. The van der Waals surface area contributed by atoms with E-state index in [1.165, 1.54) is 25.3 Å². The van der Waals surface area contributed by atoms with Gasteiger partial charge in [0.05, 0.1) is 23.1 Å². The second-order valence-electron chi connectivity index (χ2n) is 8.24. The van der Waals surface area contributed by atoms with Crippen molar-refractivity contribution in [2.24, 2.45) is 0 Å². The highest BCUT2D eigenvalue weighted by atomic mass is 19.1. The lowest BCUT2D eigenvalue weighted by atomic mass is 9.95. The SMILES string of the molecule is CCCCN(Cc1nc2ccccc2n1C1CCCCC1)C(=O)c1ccccc1F. The van der Waals surface area contributed by atoms with Crippen LogP contribution in [-0.4, -0.2) is 26.9 Å². The van der Waals surface area contributed by atoms with Gasteiger partial charge in [0.2, 0.25) is 0 Å². The van der Waals surface area contributed by atoms with Crippen molar-refractivity contribution >= 4 is 16.9 Å². The molecule has 0 aliphatic heterocycles. The van der Waals surface area contributed by atoms with E-state index in [0.29, 0.717) is 19.1 Å². The van der Waals surface area contributed by atoms with Crippen LogP contribution in [0.1, 0.15) is 74.1 Å². The summed E-state index contributed by atoms with van der Waals surface area (Å²) in [5.41, 5.74) is 2.23. The van der Waals surface area contributed by atoms with Crippen LogP contribution < -0.4 is 0 Å². The van der Waals surface area contributed by atoms with Gasteiger partial charge >= 0.3 is 0 Å². The Morgan fingerprint density at radius 3 is 2.60 bits per heavy atom. The van der Waals surface area contributed by atoms with E-state index in [0.717, 1.165) is 42.5 Å². The predicted molar refractivity (Wildman–Crippen MR) is 118 cm³/mol. The maximum absolute atomic E-state index is 14.3. The lowest BCUT2D eigenvalue weighted by molar-refractivity contribution is 0.0728. The van der Waals surface area contributed by atoms with Crippen molar-refractivity contribution in [3.05, 3.63) is 65.7 Å². The first-order valence-corrected chi connectivity index (χ1v) is 11.2. The number of hydrogen-bond acceptors (Lipinski definition) is 2. The monoisotopic (exact) mass is 407 g/mol. The Morgan fingerprint density at radius 1 is 1.10 bits per heavy atom. The molecule has 1 heterocycles. The van der Waals surface area contributed by atoms with Crippen LogP contribution in [0.3, 0.4) is 0 Å². The highest BCUT2D eigenvalue weighted by molar-refractivity contribution is 5.94. The summed E-state index contributed by atoms with van der Waals surface area (Å²) in [5, 5.41) is 0. The minimum atomic E-state index is -0.468. The molecule has 2 aromatic carbocycles. The van der Waals surface area contributed by atoms with Crippen molar-refractivity contribution in [2.45, 2.75) is 64.5 Å². The Morgan fingerprint density at radius 2 is 1.83 bits per heavy atom. The molecule has 1 amide bonds. The lowest BCUT2D eigenvalue weighted by Crippen LogP contribution is -2.33. The van der Waals surface area contributed by atoms with Crippen molar-refractivity contribution in [3.8, 4) is 0 Å². The molecule has 0 atom stereocenters. The average Bonchev–Trinajstić information content (AvgIpc) is 3.15. The molecule has 5 heteroatoms. The van der Waals surface area contributed by atoms with Crippen LogP contribution in [0, 0.1) is 5.82 Å². The molecule has 30 heavy (non-hydrogen) atoms. The highest BCUT2D eigenvalue weighted by Crippen LogP contribution is 2.33. The van der Waals surface area contributed by atoms with Gasteiger partial charge in [0.1, 0.15) is 11.6 Å². The van der Waals surface area contributed by atoms with Crippen LogP contribution in [0.15, 0.2) is 48.5 Å². The summed E-state index contributed by atoms with van der Waals surface area (Å²) in [6.45, 7) is 3.10. The van der Waals surface area contributed by atoms with Gasteiger partial charge < -0.3 is 9.47 Å². The zero-order chi connectivity index (χ0) is 20.9. The third kappa shape index (κ3) is 4.25. The number of fused-ring (bicyclic) bond motifs is 1. The smallest absolute Gasteiger partial charge is 0.257 e. The Balaban J connectivity index is 1.70. The first-order chi connectivity index (χ1) is 14.7. The summed E-state index contributed by atoms with van der Waals surface area (Å²) < 4.78 is 16.7. The molecule has 1 saturated carbocycles. The van der Waals surface area contributed by atoms with Crippen molar-refractivity contribution in [1.29, 1.82) is 0 Å². The molecule has 158 valence electrons. The second kappa shape index (κ2) is 9.41. The number of hydrogen-bond donors (Lipinski definition) is 0. The van der Waals surface area contributed by atoms with E-state index in [-0.39, 0.29) is 11.5 Å². The van der Waals surface area contributed by atoms with E-state index in [1.54, 1.807) is 23.1 Å². The standard InChI is InChI=1S/C25H30FN3O/c1-2-3-17-28(25(30)20-13-7-8-14-21(20)26)18-24-27-22-15-9-10-16-23(22)29(24)19-11-5-4-6-12-19/h7-10,13-16,19H,2-6,11-12,17-18H2,1H3. The topological polar surface area (TPSA) is 38.1 Å². The number of rotatable bonds is 7. The summed E-state index contributed by atoms with van der Waals surface area (Å²) >= 11 is 0. The fraction of sp³-hybridized carbons (Fsp3) is 0.440. The van der Waals surface area contributed by atoms with Gasteiger partial charge in [-0.3, -0.25) is 4.79 Å². The number of nitrogens with zero attached hydrogens (tertiary/aromatic N) is 3. The molecule has 0 bridgehead atoms. The zero-order valence-corrected chi connectivity index (χ0v) is 17.7. The summed E-state index contributed by atoms with van der Waals surface area (Å²) in [5.74, 6) is 0.178. The number of carbonyl (C=O) groups excluding carboxylic acids is 1. The Kier molecular flexibility index (Phi) is 6.46. The largest absolute Gasteiger partial charge is 0.331 e. The van der Waals surface area contributed by atoms with E-state index >= 15 is 0 Å². The number of carbonyl (C=O) groups is 1. The van der Waals surface area contributed by atoms with Crippen LogP contribution in [0.4, 0.5) is 4.39 Å². The lowest BCUT2D eigenvalue weighted by Gasteiger charge is -2.28. The van der Waals surface area contributed by atoms with Crippen molar-refractivity contribution in [3.63, 3.8) is 0 Å². The first-order valence-electron chi connectivity index (χ1n) is 11.2. The molecule has 0 radical (unpaired) electrons. The Labute approximate surface area is 177 Å². The molecule has 0 N–H and O–H groups in total. The van der Waals surface area contributed by atoms with Gasteiger partial charge in [-0.05, 0) is 43.5 Å². The zero-order valence-electron chi connectivity index (χ0n) is 17.7. The van der Waals surface area contributed by atoms with Gasteiger partial charge in [0.15, 0.2) is 0 Å². The third-order valence-corrected chi connectivity index (χ3v) is 6.11. The molecule has 0 unspecified atom stereocenters. The third-order valence-electron chi connectivity index (χ3n) is 6.11. The number of para-hydroxylation sites is 2. The molecule has 3 aromatic rings. The van der Waals surface area contributed by atoms with Crippen molar-refractivity contribution in [2.75, 3.05) is 6.54 Å². The highest BCUT2D eigenvalue weighted by Gasteiger charge is 2.25. The number of aromatic nitrogens is 2. The summed E-state index contributed by atoms with van der Waals surface area (Å²) in [6.07, 6.45) is 7.87. The van der Waals surface area contributed by atoms with Gasteiger partial charge in [-0.1, -0.05) is 56.9 Å². The normalized spacial score (nSPS) is 14.9. The van der Waals surface area contributed by atoms with Crippen LogP contribution in [0.5, 0.6) is 0 Å². The minimum Gasteiger partial charge on any atom is -0.331 e. The van der Waals surface area contributed by atoms with Crippen LogP contribution in [0.25, 0.3) is 11.0 Å². The predicted octanol–water partition coefficient (Wildman–Crippen LogP) is 6.12. The molecule has 1 aliphatic rings. The fourth-order valence-electron chi connectivity index (χ4n) is 4.53. The summed E-state index contributed by atoms with van der Waals surface area (Å²) in [7, 11) is 0. The van der Waals surface area contributed by atoms with E-state index in [1.807, 2.05) is 18.2 Å². The molecular formula is C25H30FN3O. The molecule has 1 aromatic heterocycles. The Bertz CT molecular complexity index is 1010. The maximum atomic E-state index is 14.3. The van der Waals surface area contributed by atoms with Gasteiger partial charge in [0, 0.05) is 12.6 Å². The van der Waals surface area contributed by atoms with Crippen LogP contribution in [-0.2, 0) is 6.54 Å². The van der Waals surface area contributed by atoms with E-state index in [4.69, 9.17) is 4.98 Å². The molecule has 0 saturated heterocycles. The van der Waals surface area contributed by atoms with Gasteiger partial charge in [-0.15, -0.1) is 0 Å². The maximum Gasteiger partial charge on any atom is 0.257 e. The second-order valence-corrected chi connectivity index (χ2v) is 8.24. The van der Waals surface area contributed by atoms with Crippen LogP contribution >= 0.6 is 0 Å². The molecule has 4 nitrogen and oxygen atoms in total. The van der Waals surface area contributed by atoms with Crippen molar-refractivity contribution < 1.29 is 9.18 Å². The first kappa shape index (κ1) is 20.6. The van der Waals surface area contributed by atoms with Crippen molar-refractivity contribution in [1.82, 2.24) is 14.5 Å². The number of amides is 1. The molecule has 4 rings (SSSR count). The summed E-state index contributed by atoms with van der Waals surface area (Å²) in [4.78, 5) is 19.9. The van der Waals surface area contributed by atoms with Gasteiger partial charge in [-0.2, -0.15) is 0 Å². The van der Waals surface area contributed by atoms with Gasteiger partial charge in [-0.25, -0.2) is 9.37 Å².